The van der Waals surface area contributed by atoms with Crippen molar-refractivity contribution in [2.45, 2.75) is 31.4 Å². The average Bonchev–Trinajstić information content (AvgIpc) is 2.77. The van der Waals surface area contributed by atoms with E-state index < -0.39 is 16.0 Å². The van der Waals surface area contributed by atoms with Crippen LogP contribution in [0.4, 0.5) is 0 Å². The van der Waals surface area contributed by atoms with Crippen LogP contribution in [0.15, 0.2) is 10.3 Å². The van der Waals surface area contributed by atoms with E-state index in [1.807, 2.05) is 13.8 Å². The van der Waals surface area contributed by atoms with Crippen LogP contribution in [-0.2, 0) is 14.8 Å². The lowest BCUT2D eigenvalue weighted by Gasteiger charge is -2.24. The van der Waals surface area contributed by atoms with E-state index in [1.165, 1.54) is 6.07 Å². The number of carboxylic acid groups (broad SMARTS) is 1. The first-order valence-electron chi connectivity index (χ1n) is 6.41. The summed E-state index contributed by atoms with van der Waals surface area (Å²) in [5.74, 6) is -1.11. The molecule has 0 aromatic carbocycles. The van der Waals surface area contributed by atoms with Crippen molar-refractivity contribution in [2.75, 3.05) is 20.3 Å². The van der Waals surface area contributed by atoms with Crippen molar-refractivity contribution in [1.82, 2.24) is 4.72 Å². The van der Waals surface area contributed by atoms with Crippen LogP contribution in [-0.4, -0.2) is 39.8 Å². The molecule has 1 rings (SSSR count). The zero-order valence-electron chi connectivity index (χ0n) is 12.6. The van der Waals surface area contributed by atoms with Crippen molar-refractivity contribution >= 4 is 27.3 Å². The molecule has 0 bridgehead atoms. The summed E-state index contributed by atoms with van der Waals surface area (Å²) in [7, 11) is -2.09. The van der Waals surface area contributed by atoms with Gasteiger partial charge in [0.1, 0.15) is 9.09 Å². The highest BCUT2D eigenvalue weighted by Crippen LogP contribution is 2.27. The summed E-state index contributed by atoms with van der Waals surface area (Å²) in [4.78, 5) is 11.0. The first-order valence-corrected chi connectivity index (χ1v) is 8.71. The van der Waals surface area contributed by atoms with Crippen LogP contribution >= 0.6 is 11.3 Å². The van der Waals surface area contributed by atoms with Gasteiger partial charge in [-0.1, -0.05) is 13.8 Å². The van der Waals surface area contributed by atoms with Gasteiger partial charge in [-0.15, -0.1) is 11.3 Å². The molecule has 0 radical (unpaired) electrons. The van der Waals surface area contributed by atoms with Crippen molar-refractivity contribution in [3.8, 4) is 0 Å². The number of ether oxygens (including phenoxy) is 1. The molecule has 1 heterocycles. The smallest absolute Gasteiger partial charge is 0.346 e. The zero-order chi connectivity index (χ0) is 16.3. The molecule has 21 heavy (non-hydrogen) atoms. The predicted octanol–water partition coefficient (Wildman–Crippen LogP) is 2.10. The number of hydrogen-bond donors (Lipinski definition) is 2. The average molecular weight is 335 g/mol. The molecular formula is C13H21NO5S2. The van der Waals surface area contributed by atoms with Crippen molar-refractivity contribution < 1.29 is 23.1 Å². The van der Waals surface area contributed by atoms with Crippen molar-refractivity contribution in [2.24, 2.45) is 5.41 Å². The van der Waals surface area contributed by atoms with E-state index in [0.29, 0.717) is 12.2 Å². The van der Waals surface area contributed by atoms with Gasteiger partial charge >= 0.3 is 5.97 Å². The molecule has 0 aliphatic rings. The van der Waals surface area contributed by atoms with Crippen LogP contribution in [0.2, 0.25) is 0 Å². The fraction of sp³-hybridized carbons (Fsp3) is 0.615. The molecule has 0 amide bonds. The summed E-state index contributed by atoms with van der Waals surface area (Å²) in [5.41, 5.74) is 0.205. The first kappa shape index (κ1) is 18.1. The molecule has 0 saturated carbocycles. The van der Waals surface area contributed by atoms with Gasteiger partial charge in [-0.25, -0.2) is 17.9 Å². The Morgan fingerprint density at radius 3 is 2.57 bits per heavy atom. The Bertz CT molecular complexity index is 604. The van der Waals surface area contributed by atoms with E-state index in [-0.39, 0.29) is 21.0 Å². The van der Waals surface area contributed by atoms with Crippen LogP contribution < -0.4 is 4.72 Å². The minimum Gasteiger partial charge on any atom is -0.477 e. The molecule has 1 aromatic rings. The molecule has 0 saturated heterocycles. The number of sulfonamides is 1. The number of hydrogen-bond acceptors (Lipinski definition) is 5. The third-order valence-corrected chi connectivity index (χ3v) is 6.18. The Kier molecular flexibility index (Phi) is 5.92. The van der Waals surface area contributed by atoms with E-state index >= 15 is 0 Å². The van der Waals surface area contributed by atoms with E-state index in [2.05, 4.69) is 4.72 Å². The summed E-state index contributed by atoms with van der Waals surface area (Å²) in [6, 6.07) is 1.39. The molecule has 120 valence electrons. The largest absolute Gasteiger partial charge is 0.477 e. The quantitative estimate of drug-likeness (QED) is 0.759. The van der Waals surface area contributed by atoms with Crippen LogP contribution in [0, 0.1) is 12.3 Å². The summed E-state index contributed by atoms with van der Waals surface area (Å²) < 4.78 is 32.0. The molecule has 0 fully saturated rings. The van der Waals surface area contributed by atoms with Crippen LogP contribution in [0.25, 0.3) is 0 Å². The van der Waals surface area contributed by atoms with Crippen LogP contribution in [0.3, 0.4) is 0 Å². The summed E-state index contributed by atoms with van der Waals surface area (Å²) >= 11 is 0.768. The monoisotopic (exact) mass is 335 g/mol. The van der Waals surface area contributed by atoms with Gasteiger partial charge in [0.15, 0.2) is 0 Å². The van der Waals surface area contributed by atoms with Crippen LogP contribution in [0.5, 0.6) is 0 Å². The molecule has 2 N–H and O–H groups in total. The predicted molar refractivity (Wildman–Crippen MR) is 81.5 cm³/mol. The van der Waals surface area contributed by atoms with Gasteiger partial charge in [-0.05, 0) is 30.4 Å². The summed E-state index contributed by atoms with van der Waals surface area (Å²) in [5, 5.41) is 8.98. The number of carbonyl (C=O) groups is 1. The second kappa shape index (κ2) is 6.87. The summed E-state index contributed by atoms with van der Waals surface area (Å²) in [6.07, 6.45) is 0.718. The maximum atomic E-state index is 12.2. The molecule has 0 unspecified atom stereocenters. The Labute approximate surface area is 129 Å². The Balaban J connectivity index is 2.83. The number of aryl methyl sites for hydroxylation is 1. The molecule has 8 heteroatoms. The lowest BCUT2D eigenvalue weighted by atomic mass is 9.90. The lowest BCUT2D eigenvalue weighted by molar-refractivity contribution is 0.0701. The molecular weight excluding hydrogens is 314 g/mol. The maximum Gasteiger partial charge on any atom is 0.346 e. The number of methoxy groups -OCH3 is 1. The normalized spacial score (nSPS) is 12.6. The number of carboxylic acids is 1. The second-order valence-electron chi connectivity index (χ2n) is 5.61. The highest BCUT2D eigenvalue weighted by atomic mass is 32.2. The van der Waals surface area contributed by atoms with Crippen molar-refractivity contribution in [3.63, 3.8) is 0 Å². The fourth-order valence-electron chi connectivity index (χ4n) is 1.63. The van der Waals surface area contributed by atoms with E-state index in [4.69, 9.17) is 9.84 Å². The topological polar surface area (TPSA) is 92.7 Å². The van der Waals surface area contributed by atoms with E-state index in [9.17, 15) is 13.2 Å². The number of aromatic carboxylic acids is 1. The van der Waals surface area contributed by atoms with Gasteiger partial charge in [-0.2, -0.15) is 0 Å². The highest BCUT2D eigenvalue weighted by molar-refractivity contribution is 7.91. The molecule has 0 spiro atoms. The SMILES string of the molecule is COCCC(C)(C)CNS(=O)(=O)c1cc(C)c(C(=O)O)s1. The Hall–Kier alpha value is -0.960. The molecule has 1 aromatic heterocycles. The lowest BCUT2D eigenvalue weighted by Crippen LogP contribution is -2.34. The molecule has 6 nitrogen and oxygen atoms in total. The zero-order valence-corrected chi connectivity index (χ0v) is 14.2. The van der Waals surface area contributed by atoms with Crippen molar-refractivity contribution in [1.29, 1.82) is 0 Å². The second-order valence-corrected chi connectivity index (χ2v) is 8.66. The standard InChI is InChI=1S/C13H21NO5S2/c1-9-7-10(20-11(9)12(15)16)21(17,18)14-8-13(2,3)5-6-19-4/h7,14H,5-6,8H2,1-4H3,(H,15,16). The minimum absolute atomic E-state index is 0.0277. The Morgan fingerprint density at radius 1 is 1.48 bits per heavy atom. The molecule has 0 aliphatic carbocycles. The van der Waals surface area contributed by atoms with Gasteiger partial charge in [0.2, 0.25) is 10.0 Å². The molecule has 0 aliphatic heterocycles. The van der Waals surface area contributed by atoms with E-state index in [1.54, 1.807) is 14.0 Å². The number of rotatable bonds is 8. The van der Waals surface area contributed by atoms with E-state index in [0.717, 1.165) is 17.8 Å². The van der Waals surface area contributed by atoms with Gasteiger partial charge in [0, 0.05) is 20.3 Å². The third kappa shape index (κ3) is 5.06. The molecule has 0 atom stereocenters. The Morgan fingerprint density at radius 2 is 2.10 bits per heavy atom. The summed E-state index contributed by atoms with van der Waals surface area (Å²) in [6.45, 7) is 6.28. The first-order chi connectivity index (χ1) is 9.59. The highest BCUT2D eigenvalue weighted by Gasteiger charge is 2.25. The third-order valence-electron chi connectivity index (χ3n) is 3.08. The number of nitrogens with one attached hydrogen (secondary N) is 1. The van der Waals surface area contributed by atoms with Gasteiger partial charge in [0.25, 0.3) is 0 Å². The number of thiophene rings is 1. The van der Waals surface area contributed by atoms with Gasteiger partial charge in [0.05, 0.1) is 0 Å². The fourth-order valence-corrected chi connectivity index (χ4v) is 4.29. The minimum atomic E-state index is -3.69. The van der Waals surface area contributed by atoms with Crippen molar-refractivity contribution in [3.05, 3.63) is 16.5 Å². The van der Waals surface area contributed by atoms with Gasteiger partial charge in [-0.3, -0.25) is 0 Å². The maximum absolute atomic E-state index is 12.2. The van der Waals surface area contributed by atoms with Crippen LogP contribution in [0.1, 0.15) is 35.5 Å². The van der Waals surface area contributed by atoms with Gasteiger partial charge < -0.3 is 9.84 Å².